The molecule has 0 atom stereocenters. The third kappa shape index (κ3) is 2.36. The van der Waals surface area contributed by atoms with Crippen LogP contribution in [-0.4, -0.2) is 25.7 Å². The fourth-order valence-electron chi connectivity index (χ4n) is 1.56. The number of fused-ring (bicyclic) bond motifs is 1. The first-order chi connectivity index (χ1) is 9.13. The third-order valence-electron chi connectivity index (χ3n) is 2.50. The van der Waals surface area contributed by atoms with Gasteiger partial charge in [-0.05, 0) is 30.7 Å². The van der Waals surface area contributed by atoms with E-state index in [0.717, 1.165) is 15.7 Å². The van der Waals surface area contributed by atoms with Gasteiger partial charge < -0.3 is 5.32 Å². The van der Waals surface area contributed by atoms with Crippen LogP contribution in [-0.2, 0) is 0 Å². The average Bonchev–Trinajstić information content (AvgIpc) is 2.94. The van der Waals surface area contributed by atoms with Crippen molar-refractivity contribution in [3.63, 3.8) is 0 Å². The standard InChI is InChI=1S/C11H8BrN5OS/c1-6-4-7(2-3-8(6)12)14-9(18)10-16-17-5-13-15-11(17)19-10/h2-5H,1H3,(H,14,18). The number of anilines is 1. The minimum atomic E-state index is -0.253. The second-order valence-electron chi connectivity index (χ2n) is 3.88. The number of carbonyl (C=O) groups is 1. The zero-order valence-electron chi connectivity index (χ0n) is 9.79. The minimum Gasteiger partial charge on any atom is -0.320 e. The van der Waals surface area contributed by atoms with Gasteiger partial charge in [0.2, 0.25) is 9.97 Å². The van der Waals surface area contributed by atoms with Crippen LogP contribution in [0.2, 0.25) is 0 Å². The highest BCUT2D eigenvalue weighted by molar-refractivity contribution is 9.10. The van der Waals surface area contributed by atoms with Gasteiger partial charge in [-0.2, -0.15) is 4.52 Å². The molecule has 8 heteroatoms. The lowest BCUT2D eigenvalue weighted by Crippen LogP contribution is -2.12. The molecule has 1 aromatic carbocycles. The molecule has 0 radical (unpaired) electrons. The van der Waals surface area contributed by atoms with E-state index < -0.39 is 0 Å². The monoisotopic (exact) mass is 337 g/mol. The van der Waals surface area contributed by atoms with Gasteiger partial charge in [0.1, 0.15) is 6.33 Å². The molecule has 3 aromatic rings. The first kappa shape index (κ1) is 12.2. The molecule has 3 rings (SSSR count). The molecule has 0 aliphatic carbocycles. The summed E-state index contributed by atoms with van der Waals surface area (Å²) in [4.78, 5) is 12.6. The molecule has 1 N–H and O–H groups in total. The number of hydrogen-bond acceptors (Lipinski definition) is 5. The number of rotatable bonds is 2. The Labute approximate surface area is 120 Å². The van der Waals surface area contributed by atoms with Gasteiger partial charge in [-0.25, -0.2) is 0 Å². The molecular formula is C11H8BrN5OS. The van der Waals surface area contributed by atoms with Gasteiger partial charge in [-0.15, -0.1) is 15.3 Å². The van der Waals surface area contributed by atoms with Crippen molar-refractivity contribution < 1.29 is 4.79 Å². The van der Waals surface area contributed by atoms with Crippen molar-refractivity contribution in [2.24, 2.45) is 0 Å². The summed E-state index contributed by atoms with van der Waals surface area (Å²) in [5.41, 5.74) is 1.78. The summed E-state index contributed by atoms with van der Waals surface area (Å²) in [5.74, 6) is -0.253. The molecule has 6 nitrogen and oxygen atoms in total. The molecule has 0 aliphatic rings. The van der Waals surface area contributed by atoms with E-state index in [1.54, 1.807) is 0 Å². The van der Waals surface area contributed by atoms with Crippen LogP contribution in [0.4, 0.5) is 5.69 Å². The zero-order valence-corrected chi connectivity index (χ0v) is 12.2. The summed E-state index contributed by atoms with van der Waals surface area (Å²) in [7, 11) is 0. The largest absolute Gasteiger partial charge is 0.320 e. The molecule has 96 valence electrons. The van der Waals surface area contributed by atoms with E-state index in [2.05, 4.69) is 36.5 Å². The first-order valence-corrected chi connectivity index (χ1v) is 6.99. The highest BCUT2D eigenvalue weighted by Crippen LogP contribution is 2.21. The fourth-order valence-corrected chi connectivity index (χ4v) is 2.52. The summed E-state index contributed by atoms with van der Waals surface area (Å²) in [6.07, 6.45) is 1.46. The van der Waals surface area contributed by atoms with Gasteiger partial charge in [0, 0.05) is 10.2 Å². The van der Waals surface area contributed by atoms with E-state index in [1.807, 2.05) is 25.1 Å². The zero-order chi connectivity index (χ0) is 13.4. The van der Waals surface area contributed by atoms with Crippen LogP contribution in [0, 0.1) is 6.92 Å². The van der Waals surface area contributed by atoms with Crippen LogP contribution in [0.25, 0.3) is 4.96 Å². The molecule has 0 bridgehead atoms. The SMILES string of the molecule is Cc1cc(NC(=O)c2nn3cnnc3s2)ccc1Br. The second-order valence-corrected chi connectivity index (χ2v) is 5.69. The Morgan fingerprint density at radius 1 is 1.47 bits per heavy atom. The van der Waals surface area contributed by atoms with Gasteiger partial charge in [0.15, 0.2) is 0 Å². The number of nitrogens with one attached hydrogen (secondary N) is 1. The lowest BCUT2D eigenvalue weighted by atomic mass is 10.2. The molecule has 2 heterocycles. The number of benzene rings is 1. The Morgan fingerprint density at radius 2 is 2.32 bits per heavy atom. The van der Waals surface area contributed by atoms with Gasteiger partial charge in [0.05, 0.1) is 0 Å². The maximum atomic E-state index is 12.0. The van der Waals surface area contributed by atoms with E-state index in [0.29, 0.717) is 9.97 Å². The molecule has 0 spiro atoms. The van der Waals surface area contributed by atoms with E-state index >= 15 is 0 Å². The Bertz CT molecular complexity index is 737. The van der Waals surface area contributed by atoms with Crippen LogP contribution in [0.1, 0.15) is 15.4 Å². The molecule has 1 amide bonds. The van der Waals surface area contributed by atoms with E-state index in [4.69, 9.17) is 0 Å². The average molecular weight is 338 g/mol. The Hall–Kier alpha value is -1.80. The van der Waals surface area contributed by atoms with Crippen molar-refractivity contribution in [1.29, 1.82) is 0 Å². The topological polar surface area (TPSA) is 72.2 Å². The number of hydrogen-bond donors (Lipinski definition) is 1. The molecule has 0 fully saturated rings. The predicted octanol–water partition coefficient (Wildman–Crippen LogP) is 2.51. The van der Waals surface area contributed by atoms with Gasteiger partial charge in [0.25, 0.3) is 5.91 Å². The molecule has 0 saturated heterocycles. The number of aryl methyl sites for hydroxylation is 1. The minimum absolute atomic E-state index is 0.253. The summed E-state index contributed by atoms with van der Waals surface area (Å²) < 4.78 is 2.48. The number of aromatic nitrogens is 4. The van der Waals surface area contributed by atoms with Gasteiger partial charge in [-0.3, -0.25) is 4.79 Å². The number of halogens is 1. The highest BCUT2D eigenvalue weighted by Gasteiger charge is 2.14. The number of amides is 1. The first-order valence-electron chi connectivity index (χ1n) is 5.38. The van der Waals surface area contributed by atoms with Crippen molar-refractivity contribution >= 4 is 43.8 Å². The van der Waals surface area contributed by atoms with Gasteiger partial charge in [-0.1, -0.05) is 27.3 Å². The number of nitrogens with zero attached hydrogens (tertiary/aromatic N) is 4. The molecular weight excluding hydrogens is 330 g/mol. The van der Waals surface area contributed by atoms with E-state index in [-0.39, 0.29) is 5.91 Å². The normalized spacial score (nSPS) is 10.8. The molecule has 0 saturated carbocycles. The summed E-state index contributed by atoms with van der Waals surface area (Å²) in [6.45, 7) is 1.96. The molecule has 2 aromatic heterocycles. The van der Waals surface area contributed by atoms with Crippen molar-refractivity contribution in [2.45, 2.75) is 6.92 Å². The quantitative estimate of drug-likeness (QED) is 0.779. The van der Waals surface area contributed by atoms with Crippen molar-refractivity contribution in [1.82, 2.24) is 19.8 Å². The van der Waals surface area contributed by atoms with Crippen LogP contribution in [0.5, 0.6) is 0 Å². The van der Waals surface area contributed by atoms with Crippen LogP contribution >= 0.6 is 27.3 Å². The maximum absolute atomic E-state index is 12.0. The summed E-state index contributed by atoms with van der Waals surface area (Å²) in [5, 5.41) is 14.8. The Kier molecular flexibility index (Phi) is 3.03. The van der Waals surface area contributed by atoms with Gasteiger partial charge >= 0.3 is 0 Å². The third-order valence-corrected chi connectivity index (χ3v) is 4.30. The molecule has 0 aliphatic heterocycles. The van der Waals surface area contributed by atoms with E-state index in [1.165, 1.54) is 22.2 Å². The predicted molar refractivity (Wildman–Crippen MR) is 75.5 cm³/mol. The Morgan fingerprint density at radius 3 is 3.05 bits per heavy atom. The van der Waals surface area contributed by atoms with Crippen LogP contribution in [0.15, 0.2) is 29.0 Å². The number of carbonyl (C=O) groups excluding carboxylic acids is 1. The molecule has 19 heavy (non-hydrogen) atoms. The maximum Gasteiger partial charge on any atom is 0.286 e. The summed E-state index contributed by atoms with van der Waals surface area (Å²) >= 11 is 4.61. The lowest BCUT2D eigenvalue weighted by molar-refractivity contribution is 0.102. The van der Waals surface area contributed by atoms with E-state index in [9.17, 15) is 4.79 Å². The lowest BCUT2D eigenvalue weighted by Gasteiger charge is -2.04. The van der Waals surface area contributed by atoms with Crippen molar-refractivity contribution in [3.8, 4) is 0 Å². The fraction of sp³-hybridized carbons (Fsp3) is 0.0909. The van der Waals surface area contributed by atoms with Crippen molar-refractivity contribution in [2.75, 3.05) is 5.32 Å². The highest BCUT2D eigenvalue weighted by atomic mass is 79.9. The Balaban J connectivity index is 1.84. The second kappa shape index (κ2) is 4.71. The molecule has 0 unspecified atom stereocenters. The van der Waals surface area contributed by atoms with Crippen LogP contribution in [0.3, 0.4) is 0 Å². The van der Waals surface area contributed by atoms with Crippen molar-refractivity contribution in [3.05, 3.63) is 39.6 Å². The van der Waals surface area contributed by atoms with Crippen LogP contribution < -0.4 is 5.32 Å². The smallest absolute Gasteiger partial charge is 0.286 e. The summed E-state index contributed by atoms with van der Waals surface area (Å²) in [6, 6.07) is 5.61.